The van der Waals surface area contributed by atoms with Crippen molar-refractivity contribution in [2.75, 3.05) is 30.0 Å². The Morgan fingerprint density at radius 2 is 2.35 bits per heavy atom. The fourth-order valence-corrected chi connectivity index (χ4v) is 3.88. The van der Waals surface area contributed by atoms with Crippen LogP contribution in [0.4, 0.5) is 5.82 Å². The van der Waals surface area contributed by atoms with Gasteiger partial charge >= 0.3 is 0 Å². The van der Waals surface area contributed by atoms with Gasteiger partial charge in [-0.15, -0.1) is 0 Å². The quantitative estimate of drug-likeness (QED) is 0.853. The minimum absolute atomic E-state index is 0.438. The first-order chi connectivity index (χ1) is 8.29. The number of anilines is 1. The van der Waals surface area contributed by atoms with E-state index in [0.29, 0.717) is 12.5 Å². The first-order valence-electron chi connectivity index (χ1n) is 6.18. The molecule has 0 radical (unpaired) electrons. The molecule has 1 atom stereocenters. The third-order valence-electron chi connectivity index (χ3n) is 3.62. The molecule has 1 saturated heterocycles. The summed E-state index contributed by atoms with van der Waals surface area (Å²) in [5.41, 5.74) is 8.36. The van der Waals surface area contributed by atoms with E-state index in [2.05, 4.69) is 16.9 Å². The molecule has 1 fully saturated rings. The Morgan fingerprint density at radius 1 is 1.47 bits per heavy atom. The highest BCUT2D eigenvalue weighted by Gasteiger charge is 2.28. The third kappa shape index (κ3) is 1.91. The smallest absolute Gasteiger partial charge is 0.144 e. The second-order valence-electron chi connectivity index (χ2n) is 4.76. The van der Waals surface area contributed by atoms with Crippen LogP contribution in [-0.4, -0.2) is 35.1 Å². The van der Waals surface area contributed by atoms with Crippen LogP contribution in [0.5, 0.6) is 0 Å². The van der Waals surface area contributed by atoms with Crippen molar-refractivity contribution in [3.63, 3.8) is 0 Å². The van der Waals surface area contributed by atoms with Crippen LogP contribution in [0.1, 0.15) is 29.4 Å². The van der Waals surface area contributed by atoms with E-state index >= 15 is 0 Å². The SMILES string of the molecule is CN1CCc2c(C3CCSC3)nc(CN)nc21. The molecule has 5 heteroatoms. The number of thioether (sulfide) groups is 1. The lowest BCUT2D eigenvalue weighted by molar-refractivity contribution is 0.721. The average Bonchev–Trinajstić information content (AvgIpc) is 2.98. The van der Waals surface area contributed by atoms with Crippen LogP contribution < -0.4 is 10.6 Å². The van der Waals surface area contributed by atoms with Crippen molar-refractivity contribution in [3.05, 3.63) is 17.1 Å². The molecule has 17 heavy (non-hydrogen) atoms. The van der Waals surface area contributed by atoms with Crippen molar-refractivity contribution in [2.24, 2.45) is 5.73 Å². The third-order valence-corrected chi connectivity index (χ3v) is 4.78. The lowest BCUT2D eigenvalue weighted by atomic mass is 9.99. The van der Waals surface area contributed by atoms with Gasteiger partial charge in [0.25, 0.3) is 0 Å². The zero-order valence-corrected chi connectivity index (χ0v) is 11.0. The number of hydrogen-bond acceptors (Lipinski definition) is 5. The molecule has 0 saturated carbocycles. The number of fused-ring (bicyclic) bond motifs is 1. The Labute approximate surface area is 106 Å². The monoisotopic (exact) mass is 250 g/mol. The first-order valence-corrected chi connectivity index (χ1v) is 7.33. The largest absolute Gasteiger partial charge is 0.359 e. The summed E-state index contributed by atoms with van der Waals surface area (Å²) >= 11 is 2.03. The topological polar surface area (TPSA) is 55.0 Å². The molecule has 1 unspecified atom stereocenters. The summed E-state index contributed by atoms with van der Waals surface area (Å²) in [5, 5.41) is 0. The van der Waals surface area contributed by atoms with E-state index in [0.717, 1.165) is 24.6 Å². The van der Waals surface area contributed by atoms with Crippen LogP contribution in [0.15, 0.2) is 0 Å². The Balaban J connectivity index is 2.06. The molecule has 0 aromatic carbocycles. The second-order valence-corrected chi connectivity index (χ2v) is 5.91. The van der Waals surface area contributed by atoms with Crippen molar-refractivity contribution in [3.8, 4) is 0 Å². The first kappa shape index (κ1) is 11.3. The molecule has 0 amide bonds. The molecule has 2 aliphatic heterocycles. The van der Waals surface area contributed by atoms with Crippen LogP contribution in [0.2, 0.25) is 0 Å². The molecule has 2 N–H and O–H groups in total. The summed E-state index contributed by atoms with van der Waals surface area (Å²) in [4.78, 5) is 11.5. The lowest BCUT2D eigenvalue weighted by Gasteiger charge is -2.16. The van der Waals surface area contributed by atoms with E-state index in [9.17, 15) is 0 Å². The summed E-state index contributed by atoms with van der Waals surface area (Å²) in [5.74, 6) is 5.00. The van der Waals surface area contributed by atoms with Crippen molar-refractivity contribution < 1.29 is 0 Å². The minimum atomic E-state index is 0.438. The van der Waals surface area contributed by atoms with Crippen LogP contribution in [0, 0.1) is 0 Å². The summed E-state index contributed by atoms with van der Waals surface area (Å²) in [6.45, 7) is 1.50. The molecule has 0 spiro atoms. The van der Waals surface area contributed by atoms with Crippen molar-refractivity contribution in [1.29, 1.82) is 0 Å². The molecule has 1 aromatic heterocycles. The molecule has 3 heterocycles. The van der Waals surface area contributed by atoms with Gasteiger partial charge in [0.1, 0.15) is 11.6 Å². The molecule has 0 aliphatic carbocycles. The van der Waals surface area contributed by atoms with Crippen molar-refractivity contribution in [1.82, 2.24) is 9.97 Å². The van der Waals surface area contributed by atoms with Gasteiger partial charge in [0.15, 0.2) is 0 Å². The summed E-state index contributed by atoms with van der Waals surface area (Å²) in [6, 6.07) is 0. The zero-order valence-electron chi connectivity index (χ0n) is 10.1. The highest BCUT2D eigenvalue weighted by molar-refractivity contribution is 7.99. The maximum atomic E-state index is 5.71. The maximum Gasteiger partial charge on any atom is 0.144 e. The fourth-order valence-electron chi connectivity index (χ4n) is 2.66. The molecule has 3 rings (SSSR count). The molecular formula is C12H18N4S. The number of nitrogens with zero attached hydrogens (tertiary/aromatic N) is 3. The lowest BCUT2D eigenvalue weighted by Crippen LogP contribution is -2.16. The van der Waals surface area contributed by atoms with Crippen LogP contribution >= 0.6 is 11.8 Å². The summed E-state index contributed by atoms with van der Waals surface area (Å²) in [7, 11) is 2.10. The zero-order chi connectivity index (χ0) is 11.8. The van der Waals surface area contributed by atoms with Crippen molar-refractivity contribution >= 4 is 17.6 Å². The van der Waals surface area contributed by atoms with Crippen LogP contribution in [0.3, 0.4) is 0 Å². The number of likely N-dealkylation sites (N-methyl/N-ethyl adjacent to an activating group) is 1. The highest BCUT2D eigenvalue weighted by atomic mass is 32.2. The predicted molar refractivity (Wildman–Crippen MR) is 71.6 cm³/mol. The van der Waals surface area contributed by atoms with E-state index in [4.69, 9.17) is 10.7 Å². The summed E-state index contributed by atoms with van der Waals surface area (Å²) < 4.78 is 0. The van der Waals surface area contributed by atoms with Gasteiger partial charge in [0, 0.05) is 30.8 Å². The van der Waals surface area contributed by atoms with Gasteiger partial charge < -0.3 is 10.6 Å². The number of rotatable bonds is 2. The number of nitrogens with two attached hydrogens (primary N) is 1. The predicted octanol–water partition coefficient (Wildman–Crippen LogP) is 1.15. The minimum Gasteiger partial charge on any atom is -0.359 e. The average molecular weight is 250 g/mol. The van der Waals surface area contributed by atoms with Crippen molar-refractivity contribution in [2.45, 2.75) is 25.3 Å². The van der Waals surface area contributed by atoms with Gasteiger partial charge in [-0.05, 0) is 18.6 Å². The van der Waals surface area contributed by atoms with E-state index in [1.54, 1.807) is 0 Å². The van der Waals surface area contributed by atoms with Gasteiger partial charge in [-0.2, -0.15) is 11.8 Å². The van der Waals surface area contributed by atoms with Gasteiger partial charge in [-0.3, -0.25) is 0 Å². The van der Waals surface area contributed by atoms with Gasteiger partial charge in [-0.25, -0.2) is 9.97 Å². The van der Waals surface area contributed by atoms with Gasteiger partial charge in [0.05, 0.1) is 12.2 Å². The second kappa shape index (κ2) is 4.46. The maximum absolute atomic E-state index is 5.71. The standard InChI is InChI=1S/C12H18N4S/c1-16-4-2-9-11(8-3-5-17-7-8)14-10(6-13)15-12(9)16/h8H,2-7,13H2,1H3. The molecule has 4 nitrogen and oxygen atoms in total. The van der Waals surface area contributed by atoms with Crippen LogP contribution in [0.25, 0.3) is 0 Å². The van der Waals surface area contributed by atoms with E-state index < -0.39 is 0 Å². The van der Waals surface area contributed by atoms with E-state index in [1.165, 1.54) is 29.2 Å². The van der Waals surface area contributed by atoms with E-state index in [1.807, 2.05) is 11.8 Å². The number of hydrogen-bond donors (Lipinski definition) is 1. The Kier molecular flexibility index (Phi) is 2.96. The Hall–Kier alpha value is -0.810. The highest BCUT2D eigenvalue weighted by Crippen LogP contribution is 2.37. The number of aromatic nitrogens is 2. The molecule has 0 bridgehead atoms. The Morgan fingerprint density at radius 3 is 3.06 bits per heavy atom. The normalized spacial score (nSPS) is 23.2. The van der Waals surface area contributed by atoms with Gasteiger partial charge in [0.2, 0.25) is 0 Å². The van der Waals surface area contributed by atoms with Crippen LogP contribution in [-0.2, 0) is 13.0 Å². The summed E-state index contributed by atoms with van der Waals surface area (Å²) in [6.07, 6.45) is 2.34. The molecular weight excluding hydrogens is 232 g/mol. The Bertz CT molecular complexity index is 429. The van der Waals surface area contributed by atoms with Gasteiger partial charge in [-0.1, -0.05) is 0 Å². The molecule has 2 aliphatic rings. The van der Waals surface area contributed by atoms with E-state index in [-0.39, 0.29) is 0 Å². The molecule has 92 valence electrons. The fraction of sp³-hybridized carbons (Fsp3) is 0.667. The molecule has 1 aromatic rings.